The molecule has 20 heavy (non-hydrogen) atoms. The van der Waals surface area contributed by atoms with Crippen molar-refractivity contribution in [3.05, 3.63) is 54.1 Å². The maximum Gasteiger partial charge on any atom is 0.176 e. The normalized spacial score (nSPS) is 15.4. The van der Waals surface area contributed by atoms with Crippen molar-refractivity contribution < 1.29 is 4.57 Å². The SMILES string of the molecule is Cn1cc2c(c1)C(C)(C)c1c-2ccc2c[n+](C)ccc12. The van der Waals surface area contributed by atoms with Gasteiger partial charge in [-0.3, -0.25) is 0 Å². The van der Waals surface area contributed by atoms with E-state index in [0.717, 1.165) is 0 Å². The van der Waals surface area contributed by atoms with E-state index in [1.807, 2.05) is 0 Å². The van der Waals surface area contributed by atoms with Crippen LogP contribution in [0, 0.1) is 0 Å². The average Bonchev–Trinajstić information content (AvgIpc) is 2.87. The highest BCUT2D eigenvalue weighted by Crippen LogP contribution is 2.51. The predicted octanol–water partition coefficient (Wildman–Crippen LogP) is 3.31. The van der Waals surface area contributed by atoms with Crippen LogP contribution >= 0.6 is 0 Å². The van der Waals surface area contributed by atoms with E-state index < -0.39 is 0 Å². The van der Waals surface area contributed by atoms with E-state index in [-0.39, 0.29) is 5.41 Å². The van der Waals surface area contributed by atoms with Crippen LogP contribution in [0.5, 0.6) is 0 Å². The Morgan fingerprint density at radius 2 is 1.85 bits per heavy atom. The van der Waals surface area contributed by atoms with Gasteiger partial charge in [-0.1, -0.05) is 19.9 Å². The van der Waals surface area contributed by atoms with Crippen molar-refractivity contribution in [1.29, 1.82) is 0 Å². The summed E-state index contributed by atoms with van der Waals surface area (Å²) in [6.45, 7) is 4.67. The van der Waals surface area contributed by atoms with Gasteiger partial charge in [0, 0.05) is 41.9 Å². The number of nitrogens with zero attached hydrogens (tertiary/aromatic N) is 2. The Labute approximate surface area is 119 Å². The topological polar surface area (TPSA) is 8.81 Å². The highest BCUT2D eigenvalue weighted by Gasteiger charge is 2.38. The lowest BCUT2D eigenvalue weighted by molar-refractivity contribution is -0.670. The monoisotopic (exact) mass is 263 g/mol. The van der Waals surface area contributed by atoms with E-state index in [4.69, 9.17) is 0 Å². The summed E-state index contributed by atoms with van der Waals surface area (Å²) in [5.41, 5.74) is 5.78. The second-order valence-corrected chi connectivity index (χ2v) is 6.48. The molecule has 0 bridgehead atoms. The highest BCUT2D eigenvalue weighted by atomic mass is 14.9. The third kappa shape index (κ3) is 1.31. The largest absolute Gasteiger partial charge is 0.356 e. The van der Waals surface area contributed by atoms with Gasteiger partial charge in [0.1, 0.15) is 7.05 Å². The quantitative estimate of drug-likeness (QED) is 0.550. The lowest BCUT2D eigenvalue weighted by atomic mass is 9.81. The molecule has 0 N–H and O–H groups in total. The molecule has 0 spiro atoms. The zero-order valence-corrected chi connectivity index (χ0v) is 12.4. The van der Waals surface area contributed by atoms with Crippen LogP contribution in [0.25, 0.3) is 21.9 Å². The molecule has 1 aromatic carbocycles. The van der Waals surface area contributed by atoms with Gasteiger partial charge in [-0.2, -0.15) is 0 Å². The Morgan fingerprint density at radius 1 is 1.05 bits per heavy atom. The summed E-state index contributed by atoms with van der Waals surface area (Å²) in [7, 11) is 4.18. The van der Waals surface area contributed by atoms with E-state index in [2.05, 4.69) is 80.1 Å². The van der Waals surface area contributed by atoms with Gasteiger partial charge in [0.25, 0.3) is 0 Å². The molecule has 100 valence electrons. The Bertz CT molecular complexity index is 853. The molecule has 3 aromatic rings. The summed E-state index contributed by atoms with van der Waals surface area (Å²) in [4.78, 5) is 0. The highest BCUT2D eigenvalue weighted by molar-refractivity contribution is 5.96. The molecule has 2 heteroatoms. The fourth-order valence-corrected chi connectivity index (χ4v) is 3.71. The van der Waals surface area contributed by atoms with Crippen LogP contribution in [0.3, 0.4) is 0 Å². The van der Waals surface area contributed by atoms with Crippen LogP contribution in [0.15, 0.2) is 43.0 Å². The van der Waals surface area contributed by atoms with Gasteiger partial charge in [0.05, 0.1) is 0 Å². The molecule has 1 aliphatic rings. The number of fused-ring (bicyclic) bond motifs is 5. The van der Waals surface area contributed by atoms with Crippen molar-refractivity contribution in [3.8, 4) is 11.1 Å². The van der Waals surface area contributed by atoms with Crippen molar-refractivity contribution in [2.75, 3.05) is 0 Å². The molecule has 0 unspecified atom stereocenters. The zero-order valence-electron chi connectivity index (χ0n) is 12.4. The number of pyridine rings is 1. The molecule has 2 aromatic heterocycles. The summed E-state index contributed by atoms with van der Waals surface area (Å²) in [5.74, 6) is 0. The molecule has 0 radical (unpaired) electrons. The van der Waals surface area contributed by atoms with Gasteiger partial charge in [-0.05, 0) is 28.1 Å². The number of rotatable bonds is 0. The smallest absolute Gasteiger partial charge is 0.176 e. The van der Waals surface area contributed by atoms with E-state index >= 15 is 0 Å². The minimum atomic E-state index is 0.0748. The Hall–Kier alpha value is -2.09. The maximum atomic E-state index is 2.34. The van der Waals surface area contributed by atoms with Crippen LogP contribution in [0.2, 0.25) is 0 Å². The first-order valence-electron chi connectivity index (χ1n) is 7.08. The van der Waals surface area contributed by atoms with Crippen LogP contribution < -0.4 is 4.57 Å². The van der Waals surface area contributed by atoms with Gasteiger partial charge in [-0.25, -0.2) is 4.57 Å². The van der Waals surface area contributed by atoms with E-state index in [0.29, 0.717) is 0 Å². The standard InChI is InChI=1S/C18H19N2/c1-18(2)16-11-20(4)10-15(16)14-6-5-12-9-19(3)8-7-13(12)17(14)18/h5-11H,1-4H3/q+1. The van der Waals surface area contributed by atoms with Gasteiger partial charge in [0.2, 0.25) is 0 Å². The molecule has 0 saturated heterocycles. The number of aryl methyl sites for hydroxylation is 2. The fourth-order valence-electron chi connectivity index (χ4n) is 3.71. The third-order valence-electron chi connectivity index (χ3n) is 4.64. The Morgan fingerprint density at radius 3 is 2.65 bits per heavy atom. The number of hydrogen-bond donors (Lipinski definition) is 0. The van der Waals surface area contributed by atoms with Crippen molar-refractivity contribution in [2.45, 2.75) is 19.3 Å². The zero-order chi connectivity index (χ0) is 14.1. The van der Waals surface area contributed by atoms with Gasteiger partial charge in [-0.15, -0.1) is 0 Å². The molecule has 0 saturated carbocycles. The Kier molecular flexibility index (Phi) is 2.06. The van der Waals surface area contributed by atoms with Gasteiger partial charge < -0.3 is 4.57 Å². The minimum Gasteiger partial charge on any atom is -0.356 e. The number of benzene rings is 1. The first-order valence-corrected chi connectivity index (χ1v) is 7.08. The average molecular weight is 263 g/mol. The lowest BCUT2D eigenvalue weighted by Gasteiger charge is -2.22. The minimum absolute atomic E-state index is 0.0748. The molecule has 0 amide bonds. The lowest BCUT2D eigenvalue weighted by Crippen LogP contribution is -2.26. The molecule has 0 aliphatic heterocycles. The number of aromatic nitrogens is 2. The first kappa shape index (κ1) is 11.7. The second kappa shape index (κ2) is 3.51. The van der Waals surface area contributed by atoms with Crippen molar-refractivity contribution in [3.63, 3.8) is 0 Å². The molecule has 0 atom stereocenters. The van der Waals surface area contributed by atoms with Crippen LogP contribution in [0.4, 0.5) is 0 Å². The van der Waals surface area contributed by atoms with Crippen LogP contribution in [0.1, 0.15) is 25.0 Å². The summed E-state index contributed by atoms with van der Waals surface area (Å²) >= 11 is 0. The van der Waals surface area contributed by atoms with E-state index in [9.17, 15) is 0 Å². The van der Waals surface area contributed by atoms with E-state index in [1.165, 1.54) is 33.0 Å². The molecular weight excluding hydrogens is 244 g/mol. The summed E-state index contributed by atoms with van der Waals surface area (Å²) in [6.07, 6.45) is 8.86. The molecule has 1 aliphatic carbocycles. The molecule has 4 rings (SSSR count). The Balaban J connectivity index is 2.15. The van der Waals surface area contributed by atoms with Crippen molar-refractivity contribution >= 4 is 10.8 Å². The molecule has 0 fully saturated rings. The summed E-state index contributed by atoms with van der Waals surface area (Å²) in [6, 6.07) is 6.78. The molecule has 2 heterocycles. The summed E-state index contributed by atoms with van der Waals surface area (Å²) < 4.78 is 4.29. The van der Waals surface area contributed by atoms with Crippen LogP contribution in [-0.4, -0.2) is 4.57 Å². The van der Waals surface area contributed by atoms with Crippen LogP contribution in [-0.2, 0) is 19.5 Å². The predicted molar refractivity (Wildman–Crippen MR) is 81.7 cm³/mol. The third-order valence-corrected chi connectivity index (χ3v) is 4.64. The molecule has 2 nitrogen and oxygen atoms in total. The number of hydrogen-bond acceptors (Lipinski definition) is 0. The second-order valence-electron chi connectivity index (χ2n) is 6.48. The first-order chi connectivity index (χ1) is 9.48. The molecular formula is C18H19N2+. The fraction of sp³-hybridized carbons (Fsp3) is 0.278. The van der Waals surface area contributed by atoms with E-state index in [1.54, 1.807) is 0 Å². The maximum absolute atomic E-state index is 2.34. The summed E-state index contributed by atoms with van der Waals surface area (Å²) in [5, 5.41) is 2.70. The van der Waals surface area contributed by atoms with Crippen molar-refractivity contribution in [1.82, 2.24) is 4.57 Å². The van der Waals surface area contributed by atoms with Crippen molar-refractivity contribution in [2.24, 2.45) is 14.1 Å². The van der Waals surface area contributed by atoms with Gasteiger partial charge in [0.15, 0.2) is 12.4 Å². The van der Waals surface area contributed by atoms with Gasteiger partial charge >= 0.3 is 0 Å².